The van der Waals surface area contributed by atoms with Crippen molar-refractivity contribution in [3.05, 3.63) is 62.5 Å². The number of dihydropyridines is 1. The minimum absolute atomic E-state index is 0.113. The first-order chi connectivity index (χ1) is 14.3. The van der Waals surface area contributed by atoms with Crippen LogP contribution in [0.1, 0.15) is 32.3 Å². The number of rotatable bonds is 9. The van der Waals surface area contributed by atoms with Crippen LogP contribution < -0.4 is 5.32 Å². The standard InChI is InChI=1S/C20H24N2O7S/c1-4-28-19(24)16-12(3)21-15(10-30-11-23)18(20(25)29-5-2)17(16)13-7-6-8-14(9-13)22(26)27/h6-9,17,21,23H,4-5,10-11H2,1-3H3. The lowest BCUT2D eigenvalue weighted by Crippen LogP contribution is -2.34. The molecule has 1 unspecified atom stereocenters. The molecule has 1 aliphatic heterocycles. The summed E-state index contributed by atoms with van der Waals surface area (Å²) in [7, 11) is 0. The van der Waals surface area contributed by atoms with Gasteiger partial charge in [0.05, 0.1) is 41.1 Å². The van der Waals surface area contributed by atoms with Gasteiger partial charge in [-0.25, -0.2) is 9.59 Å². The van der Waals surface area contributed by atoms with Gasteiger partial charge in [-0.15, -0.1) is 11.8 Å². The van der Waals surface area contributed by atoms with E-state index >= 15 is 0 Å². The van der Waals surface area contributed by atoms with Crippen LogP contribution in [0.3, 0.4) is 0 Å². The smallest absolute Gasteiger partial charge is 0.336 e. The molecule has 0 fully saturated rings. The molecule has 162 valence electrons. The minimum atomic E-state index is -0.918. The van der Waals surface area contributed by atoms with Crippen molar-refractivity contribution in [3.63, 3.8) is 0 Å². The van der Waals surface area contributed by atoms with Crippen LogP contribution in [0.5, 0.6) is 0 Å². The summed E-state index contributed by atoms with van der Waals surface area (Å²) in [4.78, 5) is 36.4. The highest BCUT2D eigenvalue weighted by Crippen LogP contribution is 2.40. The Bertz CT molecular complexity index is 895. The molecular weight excluding hydrogens is 412 g/mol. The van der Waals surface area contributed by atoms with Crippen molar-refractivity contribution in [2.45, 2.75) is 26.7 Å². The zero-order chi connectivity index (χ0) is 22.3. The van der Waals surface area contributed by atoms with Crippen molar-refractivity contribution >= 4 is 29.4 Å². The van der Waals surface area contributed by atoms with Crippen molar-refractivity contribution < 1.29 is 29.1 Å². The molecule has 10 heteroatoms. The van der Waals surface area contributed by atoms with Crippen LogP contribution >= 0.6 is 11.8 Å². The molecule has 2 N–H and O–H groups in total. The van der Waals surface area contributed by atoms with E-state index in [0.29, 0.717) is 17.0 Å². The van der Waals surface area contributed by atoms with Gasteiger partial charge in [0.15, 0.2) is 0 Å². The fourth-order valence-electron chi connectivity index (χ4n) is 3.24. The maximum atomic E-state index is 12.9. The number of nitro benzene ring substituents is 1. The number of benzene rings is 1. The Morgan fingerprint density at radius 2 is 1.83 bits per heavy atom. The third-order valence-electron chi connectivity index (χ3n) is 4.39. The molecule has 0 aromatic heterocycles. The second-order valence-electron chi connectivity index (χ2n) is 6.26. The van der Waals surface area contributed by atoms with E-state index in [1.54, 1.807) is 26.8 Å². The van der Waals surface area contributed by atoms with Crippen LogP contribution in [-0.4, -0.2) is 46.9 Å². The van der Waals surface area contributed by atoms with E-state index in [-0.39, 0.29) is 41.7 Å². The highest BCUT2D eigenvalue weighted by Gasteiger charge is 2.39. The average Bonchev–Trinajstić information content (AvgIpc) is 2.71. The van der Waals surface area contributed by atoms with E-state index in [9.17, 15) is 24.8 Å². The second kappa shape index (κ2) is 10.8. The Morgan fingerprint density at radius 3 is 2.40 bits per heavy atom. The monoisotopic (exact) mass is 436 g/mol. The predicted molar refractivity (Wildman–Crippen MR) is 112 cm³/mol. The molecule has 0 bridgehead atoms. The highest BCUT2D eigenvalue weighted by atomic mass is 32.2. The van der Waals surface area contributed by atoms with Crippen LogP contribution in [0.25, 0.3) is 0 Å². The zero-order valence-electron chi connectivity index (χ0n) is 17.0. The van der Waals surface area contributed by atoms with Gasteiger partial charge in [0.2, 0.25) is 0 Å². The first kappa shape index (κ1) is 23.4. The summed E-state index contributed by atoms with van der Waals surface area (Å²) in [6.07, 6.45) is 0. The Labute approximate surface area is 178 Å². The molecule has 1 aliphatic rings. The number of esters is 2. The third-order valence-corrected chi connectivity index (χ3v) is 5.06. The van der Waals surface area contributed by atoms with Gasteiger partial charge in [-0.2, -0.15) is 0 Å². The number of nitrogens with zero attached hydrogens (tertiary/aromatic N) is 1. The number of nitrogens with one attached hydrogen (secondary N) is 1. The molecule has 1 heterocycles. The lowest BCUT2D eigenvalue weighted by molar-refractivity contribution is -0.384. The van der Waals surface area contributed by atoms with Gasteiger partial charge >= 0.3 is 11.9 Å². The van der Waals surface area contributed by atoms with E-state index < -0.39 is 22.8 Å². The van der Waals surface area contributed by atoms with Gasteiger partial charge < -0.3 is 19.9 Å². The Hall–Kier alpha value is -2.85. The van der Waals surface area contributed by atoms with Gasteiger partial charge in [0, 0.05) is 29.3 Å². The van der Waals surface area contributed by atoms with E-state index in [1.807, 2.05) is 0 Å². The fourth-order valence-corrected chi connectivity index (χ4v) is 3.76. The first-order valence-electron chi connectivity index (χ1n) is 9.33. The summed E-state index contributed by atoms with van der Waals surface area (Å²) >= 11 is 1.16. The second-order valence-corrected chi connectivity index (χ2v) is 7.21. The van der Waals surface area contributed by atoms with Crippen LogP contribution in [0.15, 0.2) is 46.8 Å². The number of carbonyl (C=O) groups excluding carboxylic acids is 2. The van der Waals surface area contributed by atoms with Crippen molar-refractivity contribution in [1.82, 2.24) is 5.32 Å². The summed E-state index contributed by atoms with van der Waals surface area (Å²) in [5, 5.41) is 23.6. The van der Waals surface area contributed by atoms with Gasteiger partial charge in [0.1, 0.15) is 0 Å². The number of carbonyl (C=O) groups is 2. The third kappa shape index (κ3) is 5.19. The molecule has 2 rings (SSSR count). The lowest BCUT2D eigenvalue weighted by Gasteiger charge is -2.31. The lowest BCUT2D eigenvalue weighted by atomic mass is 9.80. The molecule has 30 heavy (non-hydrogen) atoms. The molecule has 0 radical (unpaired) electrons. The van der Waals surface area contributed by atoms with Gasteiger partial charge in [-0.1, -0.05) is 12.1 Å². The number of ether oxygens (including phenoxy) is 2. The summed E-state index contributed by atoms with van der Waals surface area (Å²) in [5.41, 5.74) is 1.50. The van der Waals surface area contributed by atoms with Gasteiger partial charge in [-0.05, 0) is 26.3 Å². The molecular formula is C20H24N2O7S. The molecule has 0 amide bonds. The molecule has 0 saturated carbocycles. The summed E-state index contributed by atoms with van der Waals surface area (Å²) in [6.45, 7) is 5.23. The van der Waals surface area contributed by atoms with E-state index in [2.05, 4.69) is 5.32 Å². The predicted octanol–water partition coefficient (Wildman–Crippen LogP) is 2.62. The van der Waals surface area contributed by atoms with E-state index in [1.165, 1.54) is 18.2 Å². The summed E-state index contributed by atoms with van der Waals surface area (Å²) in [5.74, 6) is -2.11. The number of hydrogen-bond acceptors (Lipinski definition) is 9. The summed E-state index contributed by atoms with van der Waals surface area (Å²) < 4.78 is 10.4. The van der Waals surface area contributed by atoms with E-state index in [4.69, 9.17) is 9.47 Å². The minimum Gasteiger partial charge on any atom is -0.463 e. The topological polar surface area (TPSA) is 128 Å². The van der Waals surface area contributed by atoms with Crippen LogP contribution in [0.4, 0.5) is 5.69 Å². The average molecular weight is 436 g/mol. The Kier molecular flexibility index (Phi) is 8.43. The van der Waals surface area contributed by atoms with Crippen molar-refractivity contribution in [1.29, 1.82) is 0 Å². The number of aliphatic hydroxyl groups is 1. The normalized spacial score (nSPS) is 16.2. The summed E-state index contributed by atoms with van der Waals surface area (Å²) in [6, 6.07) is 5.78. The maximum absolute atomic E-state index is 12.9. The Morgan fingerprint density at radius 1 is 1.20 bits per heavy atom. The van der Waals surface area contributed by atoms with Crippen LogP contribution in [0, 0.1) is 10.1 Å². The van der Waals surface area contributed by atoms with Crippen LogP contribution in [-0.2, 0) is 19.1 Å². The molecule has 0 spiro atoms. The Balaban J connectivity index is 2.73. The van der Waals surface area contributed by atoms with Crippen molar-refractivity contribution in [2.75, 3.05) is 24.9 Å². The number of aliphatic hydroxyl groups excluding tert-OH is 1. The quantitative estimate of drug-likeness (QED) is 0.260. The maximum Gasteiger partial charge on any atom is 0.336 e. The van der Waals surface area contributed by atoms with Crippen molar-refractivity contribution in [3.8, 4) is 0 Å². The largest absolute Gasteiger partial charge is 0.463 e. The molecule has 0 saturated heterocycles. The highest BCUT2D eigenvalue weighted by molar-refractivity contribution is 7.99. The number of nitro groups is 1. The number of non-ortho nitro benzene ring substituents is 1. The molecule has 1 atom stereocenters. The molecule has 0 aliphatic carbocycles. The number of allylic oxidation sites excluding steroid dienone is 1. The van der Waals surface area contributed by atoms with E-state index in [0.717, 1.165) is 11.8 Å². The van der Waals surface area contributed by atoms with Crippen LogP contribution in [0.2, 0.25) is 0 Å². The number of thioether (sulfide) groups is 1. The molecule has 1 aromatic rings. The van der Waals surface area contributed by atoms with Gasteiger partial charge in [0.25, 0.3) is 5.69 Å². The SMILES string of the molecule is CCOC(=O)C1=C(C)NC(CSCO)=C(C(=O)OCC)C1c1cccc([N+](=O)[O-])c1. The first-order valence-corrected chi connectivity index (χ1v) is 10.5. The zero-order valence-corrected chi connectivity index (χ0v) is 17.8. The van der Waals surface area contributed by atoms with Crippen molar-refractivity contribution in [2.24, 2.45) is 0 Å². The molecule has 1 aromatic carbocycles. The molecule has 9 nitrogen and oxygen atoms in total. The fraction of sp³-hybridized carbons (Fsp3) is 0.400. The van der Waals surface area contributed by atoms with Gasteiger partial charge in [-0.3, -0.25) is 10.1 Å². The number of hydrogen-bond donors (Lipinski definition) is 2.